The molecule has 0 atom stereocenters. The molecule has 2 aromatic heterocycles. The Labute approximate surface area is 250 Å². The Morgan fingerprint density at radius 1 is 0.605 bits per heavy atom. The first-order chi connectivity index (χ1) is 20.1. The highest BCUT2D eigenvalue weighted by atomic mass is 32.1. The van der Waals surface area contributed by atoms with Crippen LogP contribution in [0.3, 0.4) is 0 Å². The summed E-state index contributed by atoms with van der Waals surface area (Å²) in [7, 11) is 2.42. The van der Waals surface area contributed by atoms with E-state index in [9.17, 15) is 18.4 Å². The molecule has 0 saturated heterocycles. The fraction of sp³-hybridized carbons (Fsp3) is 0.226. The molecule has 2 heterocycles. The van der Waals surface area contributed by atoms with Crippen LogP contribution >= 0.6 is 22.7 Å². The third-order valence-corrected chi connectivity index (χ3v) is 9.42. The van der Waals surface area contributed by atoms with Crippen LogP contribution in [0.4, 0.5) is 26.3 Å². The average Bonchev–Trinajstić information content (AvgIpc) is 3.58. The van der Waals surface area contributed by atoms with Crippen LogP contribution < -0.4 is 0 Å². The molecule has 0 spiro atoms. The van der Waals surface area contributed by atoms with Gasteiger partial charge in [0.15, 0.2) is 0 Å². The van der Waals surface area contributed by atoms with Crippen molar-refractivity contribution in [3.05, 3.63) is 92.7 Å². The topological polar surface area (TPSA) is 52.6 Å². The second-order valence-electron chi connectivity index (χ2n) is 9.77. The lowest BCUT2D eigenvalue weighted by Crippen LogP contribution is -2.48. The van der Waals surface area contributed by atoms with Crippen molar-refractivity contribution in [3.8, 4) is 20.9 Å². The molecule has 2 aromatic carbocycles. The smallest absolute Gasteiger partial charge is 0.380 e. The molecular formula is C31H22F6O4S2. The molecule has 5 rings (SSSR count). The molecule has 12 heteroatoms. The minimum Gasteiger partial charge on any atom is -0.465 e. The van der Waals surface area contributed by atoms with Gasteiger partial charge < -0.3 is 9.47 Å². The summed E-state index contributed by atoms with van der Waals surface area (Å²) >= 11 is 1.95. The maximum atomic E-state index is 15.5. The van der Waals surface area contributed by atoms with Gasteiger partial charge in [-0.15, -0.1) is 22.7 Å². The van der Waals surface area contributed by atoms with Crippen molar-refractivity contribution >= 4 is 45.8 Å². The summed E-state index contributed by atoms with van der Waals surface area (Å²) in [5.74, 6) is -17.3. The fourth-order valence-electron chi connectivity index (χ4n) is 4.95. The lowest BCUT2D eigenvalue weighted by Gasteiger charge is -2.25. The summed E-state index contributed by atoms with van der Waals surface area (Å²) in [4.78, 5) is 24.5. The Morgan fingerprint density at radius 3 is 1.23 bits per heavy atom. The van der Waals surface area contributed by atoms with Crippen LogP contribution in [0.25, 0.3) is 32.0 Å². The number of benzene rings is 2. The zero-order valence-electron chi connectivity index (χ0n) is 23.0. The summed E-state index contributed by atoms with van der Waals surface area (Å²) in [6.07, 6.45) is 0. The van der Waals surface area contributed by atoms with Gasteiger partial charge in [0, 0.05) is 30.7 Å². The molecule has 0 aliphatic heterocycles. The first-order valence-electron chi connectivity index (χ1n) is 12.6. The number of alkyl halides is 6. The predicted molar refractivity (Wildman–Crippen MR) is 153 cm³/mol. The molecule has 0 saturated carbocycles. The number of carbonyl (C=O) groups excluding carboxylic acids is 2. The molecule has 1 aliphatic rings. The summed E-state index contributed by atoms with van der Waals surface area (Å²) in [6.45, 7) is 2.80. The Kier molecular flexibility index (Phi) is 7.58. The largest absolute Gasteiger partial charge is 0.465 e. The van der Waals surface area contributed by atoms with Gasteiger partial charge in [0.1, 0.15) is 0 Å². The van der Waals surface area contributed by atoms with Gasteiger partial charge in [-0.3, -0.25) is 0 Å². The molecule has 0 unspecified atom stereocenters. The number of ether oxygens (including phenoxy) is 2. The standard InChI is InChI=1S/C31H22F6O4S2/c1-15-21(13-23(42-15)17-5-9-19(10-6-17)27(38)40-3)25-26(30(34,35)31(36,37)29(25,32)33)22-14-24(43-16(22)2)18-7-11-20(12-8-18)28(39)41-4/h5-14H,1-4H3. The Balaban J connectivity index is 1.67. The second-order valence-corrected chi connectivity index (χ2v) is 12.3. The van der Waals surface area contributed by atoms with E-state index in [0.717, 1.165) is 22.7 Å². The summed E-state index contributed by atoms with van der Waals surface area (Å²) in [5, 5.41) is 0. The fourth-order valence-corrected chi connectivity index (χ4v) is 7.02. The van der Waals surface area contributed by atoms with E-state index in [2.05, 4.69) is 9.47 Å². The highest BCUT2D eigenvalue weighted by molar-refractivity contribution is 7.16. The third-order valence-electron chi connectivity index (χ3n) is 7.22. The van der Waals surface area contributed by atoms with E-state index in [1.54, 1.807) is 0 Å². The highest BCUT2D eigenvalue weighted by Crippen LogP contribution is 2.66. The molecule has 0 radical (unpaired) electrons. The predicted octanol–water partition coefficient (Wildman–Crippen LogP) is 9.16. The van der Waals surface area contributed by atoms with Crippen molar-refractivity contribution < 1.29 is 45.4 Å². The van der Waals surface area contributed by atoms with Crippen LogP contribution in [0, 0.1) is 13.8 Å². The van der Waals surface area contributed by atoms with Crippen molar-refractivity contribution in [2.75, 3.05) is 14.2 Å². The van der Waals surface area contributed by atoms with Gasteiger partial charge in [0.05, 0.1) is 25.3 Å². The average molecular weight is 637 g/mol. The number of hydrogen-bond acceptors (Lipinski definition) is 6. The third kappa shape index (κ3) is 4.76. The molecule has 1 aliphatic carbocycles. The van der Waals surface area contributed by atoms with Gasteiger partial charge in [-0.05, 0) is 72.5 Å². The van der Waals surface area contributed by atoms with Gasteiger partial charge in [-0.2, -0.15) is 26.3 Å². The van der Waals surface area contributed by atoms with Crippen LogP contribution in [-0.4, -0.2) is 43.9 Å². The number of hydrogen-bond donors (Lipinski definition) is 0. The maximum Gasteiger partial charge on any atom is 0.380 e. The Hall–Kier alpha value is -3.90. The zero-order valence-corrected chi connectivity index (χ0v) is 24.6. The van der Waals surface area contributed by atoms with Crippen LogP contribution in [0.1, 0.15) is 41.6 Å². The number of methoxy groups -OCH3 is 2. The zero-order chi connectivity index (χ0) is 31.5. The first kappa shape index (κ1) is 30.6. The molecule has 43 heavy (non-hydrogen) atoms. The number of rotatable bonds is 6. The van der Waals surface area contributed by atoms with E-state index < -0.39 is 52.0 Å². The minimum atomic E-state index is -5.70. The number of esters is 2. The summed E-state index contributed by atoms with van der Waals surface area (Å²) in [6, 6.07) is 14.3. The van der Waals surface area contributed by atoms with Crippen molar-refractivity contribution in [2.45, 2.75) is 31.6 Å². The van der Waals surface area contributed by atoms with Gasteiger partial charge >= 0.3 is 29.7 Å². The normalized spacial score (nSPS) is 16.8. The monoisotopic (exact) mass is 636 g/mol. The molecule has 0 amide bonds. The quantitative estimate of drug-likeness (QED) is 0.157. The SMILES string of the molecule is COC(=O)c1ccc(-c2cc(C3=C(c4cc(-c5ccc(C(=O)OC)cc5)sc4C)C(F)(F)C(F)(F)C3(F)F)c(C)s2)cc1. The van der Waals surface area contributed by atoms with Crippen LogP contribution in [0.15, 0.2) is 60.7 Å². The molecule has 0 bridgehead atoms. The second kappa shape index (κ2) is 10.7. The molecule has 4 aromatic rings. The van der Waals surface area contributed by atoms with Crippen molar-refractivity contribution in [3.63, 3.8) is 0 Å². The first-order valence-corrected chi connectivity index (χ1v) is 14.3. The Morgan fingerprint density at radius 2 is 0.930 bits per heavy atom. The molecule has 0 N–H and O–H groups in total. The van der Waals surface area contributed by atoms with E-state index in [0.29, 0.717) is 20.9 Å². The van der Waals surface area contributed by atoms with Crippen molar-refractivity contribution in [1.82, 2.24) is 0 Å². The Bertz CT molecular complexity index is 1640. The van der Waals surface area contributed by atoms with Crippen molar-refractivity contribution in [1.29, 1.82) is 0 Å². The number of thiophene rings is 2. The highest BCUT2D eigenvalue weighted by Gasteiger charge is 2.80. The van der Waals surface area contributed by atoms with Gasteiger partial charge in [-0.1, -0.05) is 24.3 Å². The maximum absolute atomic E-state index is 15.5. The van der Waals surface area contributed by atoms with E-state index >= 15 is 17.6 Å². The summed E-state index contributed by atoms with van der Waals surface area (Å²) < 4.78 is 101. The van der Waals surface area contributed by atoms with E-state index in [1.165, 1.54) is 88.7 Å². The van der Waals surface area contributed by atoms with Gasteiger partial charge in [-0.25, -0.2) is 9.59 Å². The number of allylic oxidation sites excluding steroid dienone is 2. The van der Waals surface area contributed by atoms with Crippen molar-refractivity contribution in [2.24, 2.45) is 0 Å². The summed E-state index contributed by atoms with van der Waals surface area (Å²) in [5.41, 5.74) is -2.28. The number of aryl methyl sites for hydroxylation is 2. The minimum absolute atomic E-state index is 0.138. The lowest BCUT2D eigenvalue weighted by atomic mass is 9.94. The van der Waals surface area contributed by atoms with Gasteiger partial charge in [0.25, 0.3) is 0 Å². The number of halogens is 6. The molecular weight excluding hydrogens is 614 g/mol. The van der Waals surface area contributed by atoms with Crippen LogP contribution in [-0.2, 0) is 9.47 Å². The van der Waals surface area contributed by atoms with E-state index in [4.69, 9.17) is 0 Å². The van der Waals surface area contributed by atoms with Crippen LogP contribution in [0.5, 0.6) is 0 Å². The van der Waals surface area contributed by atoms with Crippen LogP contribution in [0.2, 0.25) is 0 Å². The van der Waals surface area contributed by atoms with Gasteiger partial charge in [0.2, 0.25) is 0 Å². The molecule has 4 nitrogen and oxygen atoms in total. The number of carbonyl (C=O) groups is 2. The van der Waals surface area contributed by atoms with E-state index in [-0.39, 0.29) is 20.9 Å². The lowest BCUT2D eigenvalue weighted by molar-refractivity contribution is -0.254. The molecule has 0 fully saturated rings. The van der Waals surface area contributed by atoms with E-state index in [1.807, 2.05) is 0 Å². The molecule has 224 valence electrons.